The van der Waals surface area contributed by atoms with Crippen LogP contribution in [0.5, 0.6) is 0 Å². The van der Waals surface area contributed by atoms with Crippen LogP contribution in [0.2, 0.25) is 0 Å². The lowest BCUT2D eigenvalue weighted by Crippen LogP contribution is -2.24. The van der Waals surface area contributed by atoms with Gasteiger partial charge in [0.25, 0.3) is 5.78 Å². The summed E-state index contributed by atoms with van der Waals surface area (Å²) in [4.78, 5) is 35.4. The fraction of sp³-hybridized carbons (Fsp3) is 0.450. The molecular weight excluding hydrogens is 304 g/mol. The summed E-state index contributed by atoms with van der Waals surface area (Å²) in [5.74, 6) is -1.58. The van der Waals surface area contributed by atoms with Crippen LogP contribution in [0.1, 0.15) is 73.6 Å². The highest BCUT2D eigenvalue weighted by Gasteiger charge is 2.21. The monoisotopic (exact) mass is 330 g/mol. The van der Waals surface area contributed by atoms with E-state index in [4.69, 9.17) is 4.74 Å². The predicted octanol–water partition coefficient (Wildman–Crippen LogP) is 4.53. The molecule has 0 N–H and O–H groups in total. The second-order valence-electron chi connectivity index (χ2n) is 5.75. The number of unbranched alkanes of at least 4 members (excludes halogenated alkanes) is 2. The number of benzene rings is 1. The molecule has 0 aliphatic heterocycles. The maximum Gasteiger partial charge on any atom is 0.379 e. The standard InChI is InChI=1S/C20H26O4/c1-4-6-7-8-9-10-18(5-2)24-20(23)19(22)17-13-11-16(12-14-17)15(3)21/h4,6,11-14,18H,5,7-10H2,1-3H3/b6-4+. The van der Waals surface area contributed by atoms with Crippen LogP contribution < -0.4 is 0 Å². The number of esters is 1. The maximum absolute atomic E-state index is 12.1. The summed E-state index contributed by atoms with van der Waals surface area (Å²) in [5, 5.41) is 0. The first-order chi connectivity index (χ1) is 11.5. The number of carbonyl (C=O) groups excluding carboxylic acids is 3. The highest BCUT2D eigenvalue weighted by Crippen LogP contribution is 2.13. The number of hydrogen-bond acceptors (Lipinski definition) is 4. The molecule has 4 nitrogen and oxygen atoms in total. The lowest BCUT2D eigenvalue weighted by Gasteiger charge is -2.15. The molecule has 0 aromatic heterocycles. The van der Waals surface area contributed by atoms with E-state index in [1.165, 1.54) is 19.1 Å². The van der Waals surface area contributed by atoms with E-state index in [2.05, 4.69) is 6.08 Å². The van der Waals surface area contributed by atoms with E-state index in [-0.39, 0.29) is 17.5 Å². The first-order valence-electron chi connectivity index (χ1n) is 8.47. The Morgan fingerprint density at radius 1 is 1.08 bits per heavy atom. The van der Waals surface area contributed by atoms with Crippen molar-refractivity contribution in [2.75, 3.05) is 0 Å². The van der Waals surface area contributed by atoms with Gasteiger partial charge in [-0.25, -0.2) is 4.79 Å². The van der Waals surface area contributed by atoms with Gasteiger partial charge in [-0.2, -0.15) is 0 Å². The number of hydrogen-bond donors (Lipinski definition) is 0. The number of Topliss-reactive ketones (excluding diaryl/α,β-unsaturated/α-hetero) is 2. The van der Waals surface area contributed by atoms with E-state index in [0.717, 1.165) is 25.7 Å². The Bertz CT molecular complexity index is 584. The molecule has 0 bridgehead atoms. The predicted molar refractivity (Wildman–Crippen MR) is 94.2 cm³/mol. The molecule has 24 heavy (non-hydrogen) atoms. The smallest absolute Gasteiger partial charge is 0.379 e. The van der Waals surface area contributed by atoms with Crippen molar-refractivity contribution in [3.05, 3.63) is 47.5 Å². The molecule has 0 aliphatic rings. The van der Waals surface area contributed by atoms with Crippen LogP contribution in [0.15, 0.2) is 36.4 Å². The number of ether oxygens (including phenoxy) is 1. The van der Waals surface area contributed by atoms with E-state index >= 15 is 0 Å². The largest absolute Gasteiger partial charge is 0.456 e. The van der Waals surface area contributed by atoms with Crippen molar-refractivity contribution in [2.24, 2.45) is 0 Å². The molecule has 0 saturated heterocycles. The van der Waals surface area contributed by atoms with Crippen molar-refractivity contribution in [3.63, 3.8) is 0 Å². The fourth-order valence-electron chi connectivity index (χ4n) is 2.33. The summed E-state index contributed by atoms with van der Waals surface area (Å²) in [6.07, 6.45) is 8.36. The third-order valence-electron chi connectivity index (χ3n) is 3.85. The summed E-state index contributed by atoms with van der Waals surface area (Å²) in [7, 11) is 0. The zero-order valence-corrected chi connectivity index (χ0v) is 14.7. The average molecular weight is 330 g/mol. The van der Waals surface area contributed by atoms with Gasteiger partial charge in [-0.3, -0.25) is 9.59 Å². The van der Waals surface area contributed by atoms with E-state index in [0.29, 0.717) is 12.0 Å². The minimum atomic E-state index is -0.828. The van der Waals surface area contributed by atoms with Gasteiger partial charge in [-0.15, -0.1) is 0 Å². The highest BCUT2D eigenvalue weighted by atomic mass is 16.5. The second kappa shape index (κ2) is 10.5. The normalized spacial score (nSPS) is 12.1. The van der Waals surface area contributed by atoms with Gasteiger partial charge in [0.1, 0.15) is 6.10 Å². The van der Waals surface area contributed by atoms with E-state index in [1.807, 2.05) is 19.9 Å². The molecule has 130 valence electrons. The van der Waals surface area contributed by atoms with Gasteiger partial charge >= 0.3 is 5.97 Å². The van der Waals surface area contributed by atoms with E-state index in [9.17, 15) is 14.4 Å². The number of carbonyl (C=O) groups is 3. The molecule has 1 aromatic rings. The van der Waals surface area contributed by atoms with Crippen molar-refractivity contribution in [3.8, 4) is 0 Å². The Morgan fingerprint density at radius 3 is 2.25 bits per heavy atom. The van der Waals surface area contributed by atoms with E-state index < -0.39 is 11.8 Å². The van der Waals surface area contributed by atoms with Crippen molar-refractivity contribution >= 4 is 17.5 Å². The van der Waals surface area contributed by atoms with Crippen LogP contribution in [-0.4, -0.2) is 23.6 Å². The van der Waals surface area contributed by atoms with Gasteiger partial charge in [0, 0.05) is 11.1 Å². The first kappa shape index (κ1) is 19.8. The van der Waals surface area contributed by atoms with Crippen molar-refractivity contribution in [1.29, 1.82) is 0 Å². The van der Waals surface area contributed by atoms with Crippen molar-refractivity contribution in [1.82, 2.24) is 0 Å². The van der Waals surface area contributed by atoms with Gasteiger partial charge in [0.05, 0.1) is 0 Å². The van der Waals surface area contributed by atoms with Crippen LogP contribution in [0.25, 0.3) is 0 Å². The molecule has 0 aliphatic carbocycles. The van der Waals surface area contributed by atoms with Crippen LogP contribution in [0.3, 0.4) is 0 Å². The van der Waals surface area contributed by atoms with Gasteiger partial charge in [0.2, 0.25) is 0 Å². The molecule has 0 saturated carbocycles. The minimum Gasteiger partial charge on any atom is -0.456 e. The molecule has 1 aromatic carbocycles. The minimum absolute atomic E-state index is 0.0828. The van der Waals surface area contributed by atoms with Gasteiger partial charge in [0.15, 0.2) is 5.78 Å². The van der Waals surface area contributed by atoms with Gasteiger partial charge < -0.3 is 4.74 Å². The quantitative estimate of drug-likeness (QED) is 0.208. The summed E-state index contributed by atoms with van der Waals surface area (Å²) in [6.45, 7) is 5.38. The summed E-state index contributed by atoms with van der Waals surface area (Å²) < 4.78 is 5.33. The van der Waals surface area contributed by atoms with Crippen LogP contribution >= 0.6 is 0 Å². The zero-order valence-electron chi connectivity index (χ0n) is 14.7. The lowest BCUT2D eigenvalue weighted by molar-refractivity contribution is -0.143. The molecular formula is C20H26O4. The molecule has 0 heterocycles. The highest BCUT2D eigenvalue weighted by molar-refractivity contribution is 6.40. The van der Waals surface area contributed by atoms with Gasteiger partial charge in [-0.05, 0) is 46.0 Å². The Labute approximate surface area is 143 Å². The molecule has 0 fully saturated rings. The second-order valence-corrected chi connectivity index (χ2v) is 5.75. The molecule has 4 heteroatoms. The Hall–Kier alpha value is -2.23. The first-order valence-corrected chi connectivity index (χ1v) is 8.47. The topological polar surface area (TPSA) is 60.4 Å². The number of ketones is 2. The average Bonchev–Trinajstić information content (AvgIpc) is 2.59. The van der Waals surface area contributed by atoms with Crippen molar-refractivity contribution < 1.29 is 19.1 Å². The fourth-order valence-corrected chi connectivity index (χ4v) is 2.33. The lowest BCUT2D eigenvalue weighted by atomic mass is 10.1. The van der Waals surface area contributed by atoms with E-state index in [1.54, 1.807) is 12.1 Å². The SMILES string of the molecule is C/C=C/CCCCC(CC)OC(=O)C(=O)c1ccc(C(C)=O)cc1. The third kappa shape index (κ3) is 6.49. The van der Waals surface area contributed by atoms with Crippen molar-refractivity contribution in [2.45, 2.75) is 59.0 Å². The summed E-state index contributed by atoms with van der Waals surface area (Å²) in [5.41, 5.74) is 0.750. The Balaban J connectivity index is 2.54. The molecule has 1 rings (SSSR count). The number of rotatable bonds is 10. The van der Waals surface area contributed by atoms with Crippen LogP contribution in [0.4, 0.5) is 0 Å². The van der Waals surface area contributed by atoms with Crippen LogP contribution in [0, 0.1) is 0 Å². The summed E-state index contributed by atoms with van der Waals surface area (Å²) >= 11 is 0. The molecule has 1 atom stereocenters. The summed E-state index contributed by atoms with van der Waals surface area (Å²) in [6, 6.07) is 6.06. The Kier molecular flexibility index (Phi) is 8.69. The third-order valence-corrected chi connectivity index (χ3v) is 3.85. The molecule has 0 radical (unpaired) electrons. The zero-order chi connectivity index (χ0) is 17.9. The molecule has 0 spiro atoms. The maximum atomic E-state index is 12.1. The Morgan fingerprint density at radius 2 is 1.71 bits per heavy atom. The molecule has 0 amide bonds. The van der Waals surface area contributed by atoms with Gasteiger partial charge in [-0.1, -0.05) is 43.3 Å². The number of allylic oxidation sites excluding steroid dienone is 2. The molecule has 1 unspecified atom stereocenters. The van der Waals surface area contributed by atoms with Crippen LogP contribution in [-0.2, 0) is 9.53 Å².